The van der Waals surface area contributed by atoms with Crippen LogP contribution in [0.15, 0.2) is 52.9 Å². The summed E-state index contributed by atoms with van der Waals surface area (Å²) in [4.78, 5) is 6.21. The van der Waals surface area contributed by atoms with Crippen LogP contribution in [0.25, 0.3) is 0 Å². The van der Waals surface area contributed by atoms with E-state index in [2.05, 4.69) is 11.9 Å². The number of aliphatic hydroxyl groups excluding tert-OH is 2. The molecule has 0 heterocycles. The first kappa shape index (κ1) is 21.7. The second-order valence-electron chi connectivity index (χ2n) is 6.64. The number of hydrogen-bond donors (Lipinski definition) is 4. The fourth-order valence-electron chi connectivity index (χ4n) is 2.83. The Morgan fingerprint density at radius 3 is 2.54 bits per heavy atom. The maximum Gasteiger partial charge on any atom is 0.144 e. The number of aliphatic hydroxyl groups is 2. The van der Waals surface area contributed by atoms with E-state index in [-0.39, 0.29) is 12.3 Å². The Balaban J connectivity index is 2.16. The minimum atomic E-state index is -0.709. The van der Waals surface area contributed by atoms with E-state index in [1.54, 1.807) is 36.1 Å². The third-order valence-electron chi connectivity index (χ3n) is 4.36. The molecular formula is C21H30N4O3. The van der Waals surface area contributed by atoms with Crippen molar-refractivity contribution in [3.63, 3.8) is 0 Å². The quantitative estimate of drug-likeness (QED) is 0.280. The van der Waals surface area contributed by atoms with E-state index in [1.165, 1.54) is 0 Å². The standard InChI is InChI=1S/C21H30N4O3/c1-3-4-5-12-28-21-14-20(18(22)13-19(21)23)24-16-6-8-17(9-7-16)25(10-11-26)15(2)27/h6-9,13-15,22,26-27H,3-5,10-12,23H2,1-2H3. The van der Waals surface area contributed by atoms with Gasteiger partial charge in [-0.15, -0.1) is 0 Å². The molecule has 0 aliphatic heterocycles. The second-order valence-corrected chi connectivity index (χ2v) is 6.64. The monoisotopic (exact) mass is 386 g/mol. The molecule has 7 heteroatoms. The molecule has 0 fully saturated rings. The highest BCUT2D eigenvalue weighted by molar-refractivity contribution is 6.50. The van der Waals surface area contributed by atoms with Gasteiger partial charge in [0.05, 0.1) is 36.0 Å². The first-order chi connectivity index (χ1) is 13.5. The summed E-state index contributed by atoms with van der Waals surface area (Å²) in [6.45, 7) is 4.66. The van der Waals surface area contributed by atoms with E-state index in [9.17, 15) is 5.11 Å². The molecule has 1 unspecified atom stereocenters. The molecule has 1 aromatic rings. The van der Waals surface area contributed by atoms with Crippen molar-refractivity contribution in [2.45, 2.75) is 39.3 Å². The lowest BCUT2D eigenvalue weighted by atomic mass is 10.1. The topological polar surface area (TPSA) is 115 Å². The number of nitrogens with one attached hydrogen (secondary N) is 1. The molecule has 28 heavy (non-hydrogen) atoms. The highest BCUT2D eigenvalue weighted by atomic mass is 16.5. The lowest BCUT2D eigenvalue weighted by molar-refractivity contribution is 0.177. The van der Waals surface area contributed by atoms with Gasteiger partial charge in [0.2, 0.25) is 0 Å². The molecule has 152 valence electrons. The second kappa shape index (κ2) is 10.6. The van der Waals surface area contributed by atoms with Gasteiger partial charge in [0, 0.05) is 18.3 Å². The van der Waals surface area contributed by atoms with Gasteiger partial charge in [-0.2, -0.15) is 0 Å². The van der Waals surface area contributed by atoms with Crippen LogP contribution in [-0.4, -0.2) is 47.6 Å². The molecule has 0 saturated heterocycles. The fraction of sp³-hybridized carbons (Fsp3) is 0.429. The SMILES string of the molecule is CCCCCOC1=CC(=Nc2ccc(N(CCO)C(C)O)cc2)C(=N)C=C1N. The van der Waals surface area contributed by atoms with Crippen LogP contribution < -0.4 is 10.6 Å². The van der Waals surface area contributed by atoms with Crippen LogP contribution in [0.2, 0.25) is 0 Å². The summed E-state index contributed by atoms with van der Waals surface area (Å²) in [7, 11) is 0. The Kier molecular flexibility index (Phi) is 8.22. The summed E-state index contributed by atoms with van der Waals surface area (Å²) < 4.78 is 5.75. The molecule has 1 aliphatic carbocycles. The number of nitrogens with two attached hydrogens (primary N) is 1. The average molecular weight is 386 g/mol. The Morgan fingerprint density at radius 1 is 1.21 bits per heavy atom. The molecule has 0 aromatic heterocycles. The molecule has 2 rings (SSSR count). The summed E-state index contributed by atoms with van der Waals surface area (Å²) in [5.41, 5.74) is 8.58. The van der Waals surface area contributed by atoms with Gasteiger partial charge in [0.25, 0.3) is 0 Å². The fourth-order valence-corrected chi connectivity index (χ4v) is 2.83. The van der Waals surface area contributed by atoms with Gasteiger partial charge in [-0.25, -0.2) is 4.99 Å². The van der Waals surface area contributed by atoms with Crippen LogP contribution in [0, 0.1) is 5.41 Å². The third-order valence-corrected chi connectivity index (χ3v) is 4.36. The van der Waals surface area contributed by atoms with Crippen LogP contribution >= 0.6 is 0 Å². The lowest BCUT2D eigenvalue weighted by Crippen LogP contribution is -2.35. The first-order valence-corrected chi connectivity index (χ1v) is 9.61. The summed E-state index contributed by atoms with van der Waals surface area (Å²) in [6, 6.07) is 7.26. The van der Waals surface area contributed by atoms with Gasteiger partial charge in [0.15, 0.2) is 0 Å². The molecule has 0 amide bonds. The third kappa shape index (κ3) is 5.94. The smallest absolute Gasteiger partial charge is 0.144 e. The predicted octanol–water partition coefficient (Wildman–Crippen LogP) is 2.86. The zero-order valence-electron chi connectivity index (χ0n) is 16.6. The predicted molar refractivity (Wildman–Crippen MR) is 113 cm³/mol. The van der Waals surface area contributed by atoms with E-state index >= 15 is 0 Å². The highest BCUT2D eigenvalue weighted by Crippen LogP contribution is 2.23. The number of benzene rings is 1. The van der Waals surface area contributed by atoms with E-state index in [0.29, 0.717) is 36.0 Å². The zero-order valence-corrected chi connectivity index (χ0v) is 16.6. The molecule has 5 N–H and O–H groups in total. The van der Waals surface area contributed by atoms with Crippen molar-refractivity contribution in [3.05, 3.63) is 47.9 Å². The Morgan fingerprint density at radius 2 is 1.93 bits per heavy atom. The number of ether oxygens (including phenoxy) is 1. The van der Waals surface area contributed by atoms with Gasteiger partial charge in [-0.3, -0.25) is 5.41 Å². The number of allylic oxidation sites excluding steroid dienone is 2. The lowest BCUT2D eigenvalue weighted by Gasteiger charge is -2.26. The van der Waals surface area contributed by atoms with E-state index < -0.39 is 6.23 Å². The summed E-state index contributed by atoms with van der Waals surface area (Å²) in [5, 5.41) is 27.1. The van der Waals surface area contributed by atoms with Crippen LogP contribution in [0.1, 0.15) is 33.1 Å². The molecule has 0 radical (unpaired) electrons. The number of aliphatic imine (C=N–C) groups is 1. The number of anilines is 1. The molecule has 1 aromatic carbocycles. The Labute approximate surface area is 166 Å². The normalized spacial score (nSPS) is 16.6. The van der Waals surface area contributed by atoms with Crippen LogP contribution in [0.4, 0.5) is 11.4 Å². The van der Waals surface area contributed by atoms with Gasteiger partial charge in [-0.1, -0.05) is 19.8 Å². The number of hydrogen-bond acceptors (Lipinski definition) is 7. The van der Waals surface area contributed by atoms with E-state index in [0.717, 1.165) is 24.9 Å². The minimum absolute atomic E-state index is 0.0499. The van der Waals surface area contributed by atoms with Crippen molar-refractivity contribution >= 4 is 22.8 Å². The highest BCUT2D eigenvalue weighted by Gasteiger charge is 2.16. The van der Waals surface area contributed by atoms with Crippen molar-refractivity contribution in [3.8, 4) is 0 Å². The van der Waals surface area contributed by atoms with Gasteiger partial charge in [0.1, 0.15) is 12.0 Å². The largest absolute Gasteiger partial charge is 0.491 e. The Bertz CT molecular complexity index is 751. The molecule has 0 bridgehead atoms. The van der Waals surface area contributed by atoms with Gasteiger partial charge < -0.3 is 25.6 Å². The number of rotatable bonds is 10. The van der Waals surface area contributed by atoms with Crippen LogP contribution in [0.3, 0.4) is 0 Å². The van der Waals surface area contributed by atoms with Crippen molar-refractivity contribution in [1.82, 2.24) is 0 Å². The molecule has 1 atom stereocenters. The summed E-state index contributed by atoms with van der Waals surface area (Å²) >= 11 is 0. The van der Waals surface area contributed by atoms with E-state index in [4.69, 9.17) is 21.0 Å². The molecular weight excluding hydrogens is 356 g/mol. The van der Waals surface area contributed by atoms with E-state index in [1.807, 2.05) is 12.1 Å². The molecule has 0 spiro atoms. The van der Waals surface area contributed by atoms with Crippen LogP contribution in [-0.2, 0) is 4.74 Å². The van der Waals surface area contributed by atoms with Crippen molar-refractivity contribution in [2.24, 2.45) is 10.7 Å². The van der Waals surface area contributed by atoms with Gasteiger partial charge in [-0.05, 0) is 43.7 Å². The molecule has 1 aliphatic rings. The maximum atomic E-state index is 9.84. The van der Waals surface area contributed by atoms with Crippen molar-refractivity contribution < 1.29 is 14.9 Å². The van der Waals surface area contributed by atoms with Crippen LogP contribution in [0.5, 0.6) is 0 Å². The maximum absolute atomic E-state index is 9.84. The minimum Gasteiger partial charge on any atom is -0.491 e. The number of unbranched alkanes of at least 4 members (excludes halogenated alkanes) is 2. The zero-order chi connectivity index (χ0) is 20.5. The first-order valence-electron chi connectivity index (χ1n) is 9.61. The summed E-state index contributed by atoms with van der Waals surface area (Å²) in [6.07, 6.45) is 5.72. The van der Waals surface area contributed by atoms with Gasteiger partial charge >= 0.3 is 0 Å². The molecule has 7 nitrogen and oxygen atoms in total. The number of nitrogens with zero attached hydrogens (tertiary/aromatic N) is 2. The molecule has 0 saturated carbocycles. The summed E-state index contributed by atoms with van der Waals surface area (Å²) in [5.74, 6) is 0.547. The average Bonchev–Trinajstić information content (AvgIpc) is 2.67. The Hall–Kier alpha value is -2.64. The van der Waals surface area contributed by atoms with Crippen molar-refractivity contribution in [2.75, 3.05) is 24.7 Å². The van der Waals surface area contributed by atoms with Crippen molar-refractivity contribution in [1.29, 1.82) is 5.41 Å².